The van der Waals surface area contributed by atoms with E-state index < -0.39 is 15.9 Å². The Morgan fingerprint density at radius 2 is 1.70 bits per heavy atom. The summed E-state index contributed by atoms with van der Waals surface area (Å²) < 4.78 is 33.3. The fourth-order valence-electron chi connectivity index (χ4n) is 4.51. The standard InChI is InChI=1S/C23H28N2O4S/c1-29-19-10-8-9-18(15-19)21-16-25(30(27,28)20-11-4-2-5-12-20)17-22(21)23(26)24-13-6-3-7-14-24/h2,4-5,8-12,15,21-22H,3,6-7,13-14,16-17H2,1H3. The Labute approximate surface area is 178 Å². The first kappa shape index (κ1) is 20.9. The zero-order chi connectivity index (χ0) is 21.1. The van der Waals surface area contributed by atoms with E-state index in [-0.39, 0.29) is 29.8 Å². The number of benzene rings is 2. The summed E-state index contributed by atoms with van der Waals surface area (Å²) in [5.41, 5.74) is 0.940. The van der Waals surface area contributed by atoms with Gasteiger partial charge in [0.15, 0.2) is 0 Å². The number of sulfonamides is 1. The van der Waals surface area contributed by atoms with E-state index in [1.54, 1.807) is 37.4 Å². The maximum Gasteiger partial charge on any atom is 0.243 e. The first-order valence-corrected chi connectivity index (χ1v) is 11.9. The Hall–Kier alpha value is -2.38. The van der Waals surface area contributed by atoms with Gasteiger partial charge in [-0.1, -0.05) is 30.3 Å². The Bertz CT molecular complexity index is 987. The van der Waals surface area contributed by atoms with E-state index in [1.807, 2.05) is 29.2 Å². The molecule has 0 spiro atoms. The minimum Gasteiger partial charge on any atom is -0.497 e. The summed E-state index contributed by atoms with van der Waals surface area (Å²) in [7, 11) is -2.05. The predicted octanol–water partition coefficient (Wildman–Crippen LogP) is 3.11. The fourth-order valence-corrected chi connectivity index (χ4v) is 6.03. The molecule has 2 aliphatic rings. The number of likely N-dealkylation sites (tertiary alicyclic amines) is 1. The molecule has 0 aromatic heterocycles. The van der Waals surface area contributed by atoms with Crippen molar-refractivity contribution in [3.8, 4) is 5.75 Å². The second kappa shape index (κ2) is 8.78. The summed E-state index contributed by atoms with van der Waals surface area (Å²) in [6.07, 6.45) is 3.16. The van der Waals surface area contributed by atoms with Gasteiger partial charge < -0.3 is 9.64 Å². The van der Waals surface area contributed by atoms with Crippen molar-refractivity contribution in [3.63, 3.8) is 0 Å². The number of rotatable bonds is 5. The molecule has 2 unspecified atom stereocenters. The summed E-state index contributed by atoms with van der Waals surface area (Å²) in [6, 6.07) is 16.1. The van der Waals surface area contributed by atoms with Crippen LogP contribution in [0.1, 0.15) is 30.7 Å². The van der Waals surface area contributed by atoms with Crippen molar-refractivity contribution in [2.45, 2.75) is 30.1 Å². The smallest absolute Gasteiger partial charge is 0.243 e. The fraction of sp³-hybridized carbons (Fsp3) is 0.435. The van der Waals surface area contributed by atoms with Gasteiger partial charge in [-0.15, -0.1) is 0 Å². The Kier molecular flexibility index (Phi) is 6.11. The summed E-state index contributed by atoms with van der Waals surface area (Å²) in [4.78, 5) is 15.6. The number of methoxy groups -OCH3 is 1. The Morgan fingerprint density at radius 3 is 2.40 bits per heavy atom. The van der Waals surface area contributed by atoms with Crippen LogP contribution in [0.3, 0.4) is 0 Å². The lowest BCUT2D eigenvalue weighted by Gasteiger charge is -2.31. The van der Waals surface area contributed by atoms with Crippen LogP contribution in [-0.2, 0) is 14.8 Å². The number of ether oxygens (including phenoxy) is 1. The Morgan fingerprint density at radius 1 is 0.967 bits per heavy atom. The van der Waals surface area contributed by atoms with E-state index in [1.165, 1.54) is 4.31 Å². The maximum atomic E-state index is 13.4. The highest BCUT2D eigenvalue weighted by Crippen LogP contribution is 2.38. The third kappa shape index (κ3) is 4.09. The monoisotopic (exact) mass is 428 g/mol. The number of hydrogen-bond donors (Lipinski definition) is 0. The molecule has 2 heterocycles. The molecule has 2 atom stereocenters. The highest BCUT2D eigenvalue weighted by atomic mass is 32.2. The van der Waals surface area contributed by atoms with Crippen molar-refractivity contribution in [3.05, 3.63) is 60.2 Å². The summed E-state index contributed by atoms with van der Waals surface area (Å²) in [5.74, 6) is 0.177. The van der Waals surface area contributed by atoms with Gasteiger partial charge >= 0.3 is 0 Å². The molecule has 0 radical (unpaired) electrons. The van der Waals surface area contributed by atoms with Gasteiger partial charge in [-0.25, -0.2) is 8.42 Å². The van der Waals surface area contributed by atoms with Crippen LogP contribution >= 0.6 is 0 Å². The van der Waals surface area contributed by atoms with Crippen molar-refractivity contribution in [2.24, 2.45) is 5.92 Å². The number of carbonyl (C=O) groups excluding carboxylic acids is 1. The molecule has 0 aliphatic carbocycles. The molecule has 0 saturated carbocycles. The second-order valence-electron chi connectivity index (χ2n) is 8.01. The predicted molar refractivity (Wildman–Crippen MR) is 115 cm³/mol. The second-order valence-corrected chi connectivity index (χ2v) is 9.95. The van der Waals surface area contributed by atoms with Crippen LogP contribution in [0.2, 0.25) is 0 Å². The number of hydrogen-bond acceptors (Lipinski definition) is 4. The van der Waals surface area contributed by atoms with Gasteiger partial charge in [-0.05, 0) is 49.1 Å². The van der Waals surface area contributed by atoms with Crippen molar-refractivity contribution < 1.29 is 17.9 Å². The molecular weight excluding hydrogens is 400 g/mol. The molecule has 2 aliphatic heterocycles. The highest BCUT2D eigenvalue weighted by Gasteiger charge is 2.44. The van der Waals surface area contributed by atoms with Crippen molar-refractivity contribution in [1.82, 2.24) is 9.21 Å². The number of piperidine rings is 1. The van der Waals surface area contributed by atoms with Gasteiger partial charge in [0.05, 0.1) is 17.9 Å². The van der Waals surface area contributed by atoms with E-state index in [0.717, 1.165) is 37.9 Å². The van der Waals surface area contributed by atoms with Crippen LogP contribution in [0.4, 0.5) is 0 Å². The van der Waals surface area contributed by atoms with E-state index in [2.05, 4.69) is 0 Å². The van der Waals surface area contributed by atoms with Crippen LogP contribution in [0.25, 0.3) is 0 Å². The molecule has 2 saturated heterocycles. The Balaban J connectivity index is 1.67. The molecule has 0 bridgehead atoms. The van der Waals surface area contributed by atoms with Crippen LogP contribution in [0.5, 0.6) is 5.75 Å². The molecule has 2 aromatic carbocycles. The molecule has 1 amide bonds. The number of amides is 1. The van der Waals surface area contributed by atoms with E-state index in [0.29, 0.717) is 5.75 Å². The third-order valence-corrected chi connectivity index (χ3v) is 8.02. The molecule has 6 nitrogen and oxygen atoms in total. The van der Waals surface area contributed by atoms with Crippen LogP contribution < -0.4 is 4.74 Å². The van der Waals surface area contributed by atoms with Gasteiger partial charge in [0.1, 0.15) is 5.75 Å². The number of carbonyl (C=O) groups is 1. The lowest BCUT2D eigenvalue weighted by atomic mass is 9.87. The van der Waals surface area contributed by atoms with Crippen LogP contribution in [0, 0.1) is 5.92 Å². The lowest BCUT2D eigenvalue weighted by Crippen LogP contribution is -2.42. The molecule has 30 heavy (non-hydrogen) atoms. The van der Waals surface area contributed by atoms with Crippen LogP contribution in [-0.4, -0.2) is 56.8 Å². The normalized spacial score (nSPS) is 22.8. The minimum atomic E-state index is -3.66. The van der Waals surface area contributed by atoms with Gasteiger partial charge in [-0.2, -0.15) is 4.31 Å². The topological polar surface area (TPSA) is 66.9 Å². The number of nitrogens with zero attached hydrogens (tertiary/aromatic N) is 2. The highest BCUT2D eigenvalue weighted by molar-refractivity contribution is 7.89. The van der Waals surface area contributed by atoms with E-state index in [4.69, 9.17) is 4.74 Å². The molecule has 0 N–H and O–H groups in total. The van der Waals surface area contributed by atoms with Gasteiger partial charge in [-0.3, -0.25) is 4.79 Å². The van der Waals surface area contributed by atoms with Crippen molar-refractivity contribution in [1.29, 1.82) is 0 Å². The molecule has 2 fully saturated rings. The molecule has 4 rings (SSSR count). The maximum absolute atomic E-state index is 13.4. The summed E-state index contributed by atoms with van der Waals surface area (Å²) in [6.45, 7) is 2.00. The quantitative estimate of drug-likeness (QED) is 0.734. The SMILES string of the molecule is COc1cccc(C2CN(S(=O)(=O)c3ccccc3)CC2C(=O)N2CCCCC2)c1. The van der Waals surface area contributed by atoms with Crippen LogP contribution in [0.15, 0.2) is 59.5 Å². The van der Waals surface area contributed by atoms with Gasteiger partial charge in [0, 0.05) is 32.1 Å². The lowest BCUT2D eigenvalue weighted by molar-refractivity contribution is -0.136. The average Bonchev–Trinajstić information content (AvgIpc) is 3.26. The largest absolute Gasteiger partial charge is 0.497 e. The summed E-state index contributed by atoms with van der Waals surface area (Å²) >= 11 is 0. The minimum absolute atomic E-state index is 0.0632. The molecular formula is C23H28N2O4S. The summed E-state index contributed by atoms with van der Waals surface area (Å²) in [5, 5.41) is 0. The first-order chi connectivity index (χ1) is 14.5. The van der Waals surface area contributed by atoms with Gasteiger partial charge in [0.25, 0.3) is 0 Å². The van der Waals surface area contributed by atoms with Crippen molar-refractivity contribution >= 4 is 15.9 Å². The zero-order valence-electron chi connectivity index (χ0n) is 17.2. The first-order valence-electron chi connectivity index (χ1n) is 10.5. The van der Waals surface area contributed by atoms with E-state index >= 15 is 0 Å². The third-order valence-electron chi connectivity index (χ3n) is 6.17. The van der Waals surface area contributed by atoms with Gasteiger partial charge in [0.2, 0.25) is 15.9 Å². The molecule has 160 valence electrons. The van der Waals surface area contributed by atoms with E-state index in [9.17, 15) is 13.2 Å². The van der Waals surface area contributed by atoms with Crippen molar-refractivity contribution in [2.75, 3.05) is 33.3 Å². The molecule has 2 aromatic rings. The average molecular weight is 429 g/mol. The molecule has 7 heteroatoms. The zero-order valence-corrected chi connectivity index (χ0v) is 18.1.